The molecular formula is C24H17N2O2-. The molecule has 0 N–H and O–H groups in total. The zero-order valence-electron chi connectivity index (χ0n) is 15.3. The van der Waals surface area contributed by atoms with E-state index in [2.05, 4.69) is 11.1 Å². The van der Waals surface area contributed by atoms with Gasteiger partial charge in [-0.2, -0.15) is 0 Å². The number of benzene rings is 2. The number of rotatable bonds is 4. The molecule has 2 heterocycles. The van der Waals surface area contributed by atoms with Crippen LogP contribution < -0.4 is 0 Å². The number of esters is 1. The van der Waals surface area contributed by atoms with E-state index >= 15 is 0 Å². The first-order chi connectivity index (χ1) is 13.7. The fourth-order valence-electron chi connectivity index (χ4n) is 2.95. The van der Waals surface area contributed by atoms with Crippen LogP contribution in [0.25, 0.3) is 33.8 Å². The van der Waals surface area contributed by atoms with Gasteiger partial charge in [-0.1, -0.05) is 24.3 Å². The Morgan fingerprint density at radius 2 is 1.64 bits per heavy atom. The van der Waals surface area contributed by atoms with E-state index in [1.165, 1.54) is 7.11 Å². The number of pyridine rings is 2. The Hall–Kier alpha value is -3.79. The maximum absolute atomic E-state index is 11.7. The van der Waals surface area contributed by atoms with E-state index in [0.29, 0.717) is 5.56 Å². The number of aromatic nitrogens is 2. The summed E-state index contributed by atoms with van der Waals surface area (Å²) < 4.78 is 4.77. The Labute approximate surface area is 163 Å². The second-order valence-corrected chi connectivity index (χ2v) is 6.19. The summed E-state index contributed by atoms with van der Waals surface area (Å²) >= 11 is 0. The minimum atomic E-state index is -0.352. The lowest BCUT2D eigenvalue weighted by Crippen LogP contribution is -2.00. The van der Waals surface area contributed by atoms with Gasteiger partial charge in [0, 0.05) is 6.20 Å². The summed E-state index contributed by atoms with van der Waals surface area (Å²) in [5, 5.41) is 0. The van der Waals surface area contributed by atoms with Gasteiger partial charge in [0.05, 0.1) is 24.1 Å². The van der Waals surface area contributed by atoms with Crippen LogP contribution in [0.1, 0.15) is 10.4 Å². The highest BCUT2D eigenvalue weighted by Crippen LogP contribution is 2.29. The standard InChI is InChI=1S/C24H17N2O2/c1-28-24(27)19-12-10-17(11-13-19)20-15-22(18-7-3-2-4-8-18)26-23(16-20)21-9-5-6-14-25-21/h2-7,9-16H,1H3/q-1. The quantitative estimate of drug-likeness (QED) is 0.374. The molecule has 0 spiro atoms. The Balaban J connectivity index is 1.83. The fourth-order valence-corrected chi connectivity index (χ4v) is 2.95. The lowest BCUT2D eigenvalue weighted by Gasteiger charge is -2.14. The first-order valence-corrected chi connectivity index (χ1v) is 8.84. The molecule has 0 aliphatic rings. The van der Waals surface area contributed by atoms with E-state index in [4.69, 9.17) is 9.72 Å². The summed E-state index contributed by atoms with van der Waals surface area (Å²) in [5.41, 5.74) is 5.78. The number of carbonyl (C=O) groups is 1. The van der Waals surface area contributed by atoms with Gasteiger partial charge in [0.15, 0.2) is 0 Å². The number of methoxy groups -OCH3 is 1. The Bertz CT molecular complexity index is 1030. The molecule has 0 bridgehead atoms. The molecule has 0 atom stereocenters. The van der Waals surface area contributed by atoms with Crippen molar-refractivity contribution in [3.05, 3.63) is 96.7 Å². The molecule has 0 saturated heterocycles. The number of nitrogens with zero attached hydrogens (tertiary/aromatic N) is 2. The summed E-state index contributed by atoms with van der Waals surface area (Å²) in [6, 6.07) is 28.1. The zero-order chi connectivity index (χ0) is 19.3. The van der Waals surface area contributed by atoms with E-state index in [9.17, 15) is 4.79 Å². The fraction of sp³-hybridized carbons (Fsp3) is 0.0417. The monoisotopic (exact) mass is 365 g/mol. The van der Waals surface area contributed by atoms with Crippen molar-refractivity contribution in [1.82, 2.24) is 9.97 Å². The maximum atomic E-state index is 11.7. The molecule has 0 unspecified atom stereocenters. The van der Waals surface area contributed by atoms with Crippen molar-refractivity contribution in [3.8, 4) is 33.8 Å². The van der Waals surface area contributed by atoms with Crippen molar-refractivity contribution >= 4 is 5.97 Å². The van der Waals surface area contributed by atoms with Crippen molar-refractivity contribution in [2.45, 2.75) is 0 Å². The van der Waals surface area contributed by atoms with Crippen LogP contribution in [0.2, 0.25) is 0 Å². The number of ether oxygens (including phenoxy) is 1. The van der Waals surface area contributed by atoms with Crippen molar-refractivity contribution in [3.63, 3.8) is 0 Å². The summed E-state index contributed by atoms with van der Waals surface area (Å²) in [5.74, 6) is -0.352. The lowest BCUT2D eigenvalue weighted by molar-refractivity contribution is 0.0601. The summed E-state index contributed by atoms with van der Waals surface area (Å²) in [4.78, 5) is 20.9. The summed E-state index contributed by atoms with van der Waals surface area (Å²) in [6.07, 6.45) is 1.75. The zero-order valence-corrected chi connectivity index (χ0v) is 15.3. The Morgan fingerprint density at radius 3 is 2.32 bits per heavy atom. The highest BCUT2D eigenvalue weighted by atomic mass is 16.5. The number of hydrogen-bond donors (Lipinski definition) is 0. The van der Waals surface area contributed by atoms with Crippen LogP contribution in [-0.2, 0) is 4.74 Å². The molecule has 0 saturated carbocycles. The largest absolute Gasteiger partial charge is 0.465 e. The third kappa shape index (κ3) is 3.67. The second-order valence-electron chi connectivity index (χ2n) is 6.19. The van der Waals surface area contributed by atoms with E-state index < -0.39 is 0 Å². The Morgan fingerprint density at radius 1 is 0.857 bits per heavy atom. The van der Waals surface area contributed by atoms with Gasteiger partial charge in [-0.15, -0.1) is 35.9 Å². The first-order valence-electron chi connectivity index (χ1n) is 8.84. The average molecular weight is 365 g/mol. The molecule has 0 radical (unpaired) electrons. The molecule has 2 aromatic carbocycles. The second kappa shape index (κ2) is 7.84. The third-order valence-corrected chi connectivity index (χ3v) is 4.38. The minimum absolute atomic E-state index is 0.352. The molecule has 0 aliphatic heterocycles. The van der Waals surface area contributed by atoms with E-state index in [-0.39, 0.29) is 5.97 Å². The predicted octanol–water partition coefficient (Wildman–Crippen LogP) is 5.06. The van der Waals surface area contributed by atoms with Crippen LogP contribution in [0, 0.1) is 6.07 Å². The molecule has 136 valence electrons. The molecule has 2 aromatic heterocycles. The smallest absolute Gasteiger partial charge is 0.337 e. The van der Waals surface area contributed by atoms with Crippen molar-refractivity contribution in [2.75, 3.05) is 7.11 Å². The van der Waals surface area contributed by atoms with Gasteiger partial charge in [-0.3, -0.25) is 9.97 Å². The van der Waals surface area contributed by atoms with Crippen LogP contribution >= 0.6 is 0 Å². The van der Waals surface area contributed by atoms with Gasteiger partial charge in [0.25, 0.3) is 0 Å². The molecule has 4 aromatic rings. The van der Waals surface area contributed by atoms with Crippen LogP contribution in [0.4, 0.5) is 0 Å². The highest BCUT2D eigenvalue weighted by molar-refractivity contribution is 5.90. The third-order valence-electron chi connectivity index (χ3n) is 4.38. The van der Waals surface area contributed by atoms with Crippen LogP contribution in [0.15, 0.2) is 85.1 Å². The Kier molecular flexibility index (Phi) is 4.93. The molecule has 0 aliphatic carbocycles. The lowest BCUT2D eigenvalue weighted by atomic mass is 10.00. The van der Waals surface area contributed by atoms with E-state index in [1.54, 1.807) is 18.3 Å². The van der Waals surface area contributed by atoms with E-state index in [1.807, 2.05) is 66.7 Å². The summed E-state index contributed by atoms with van der Waals surface area (Å²) in [7, 11) is 1.38. The minimum Gasteiger partial charge on any atom is -0.465 e. The first kappa shape index (κ1) is 17.6. The van der Waals surface area contributed by atoms with Crippen LogP contribution in [-0.4, -0.2) is 23.0 Å². The topological polar surface area (TPSA) is 52.1 Å². The predicted molar refractivity (Wildman–Crippen MR) is 109 cm³/mol. The van der Waals surface area contributed by atoms with Gasteiger partial charge < -0.3 is 4.74 Å². The summed E-state index contributed by atoms with van der Waals surface area (Å²) in [6.45, 7) is 0. The SMILES string of the molecule is COC(=O)c1ccc(-c2cc(-c3[c-]cccc3)nc(-c3ccccn3)c2)cc1. The van der Waals surface area contributed by atoms with Gasteiger partial charge >= 0.3 is 5.97 Å². The van der Waals surface area contributed by atoms with Crippen LogP contribution in [0.3, 0.4) is 0 Å². The highest BCUT2D eigenvalue weighted by Gasteiger charge is 2.08. The van der Waals surface area contributed by atoms with Gasteiger partial charge in [0.1, 0.15) is 0 Å². The maximum Gasteiger partial charge on any atom is 0.337 e. The molecule has 4 nitrogen and oxygen atoms in total. The number of hydrogen-bond acceptors (Lipinski definition) is 4. The molecule has 4 heteroatoms. The van der Waals surface area contributed by atoms with Gasteiger partial charge in [0.2, 0.25) is 0 Å². The molecular weight excluding hydrogens is 348 g/mol. The van der Waals surface area contributed by atoms with Crippen molar-refractivity contribution in [2.24, 2.45) is 0 Å². The van der Waals surface area contributed by atoms with Crippen molar-refractivity contribution < 1.29 is 9.53 Å². The number of carbonyl (C=O) groups excluding carboxylic acids is 1. The van der Waals surface area contributed by atoms with Gasteiger partial charge in [-0.05, 0) is 47.2 Å². The van der Waals surface area contributed by atoms with Crippen molar-refractivity contribution in [1.29, 1.82) is 0 Å². The molecule has 4 rings (SSSR count). The molecule has 0 fully saturated rings. The normalized spacial score (nSPS) is 10.5. The molecule has 0 amide bonds. The van der Waals surface area contributed by atoms with Crippen LogP contribution in [0.5, 0.6) is 0 Å². The van der Waals surface area contributed by atoms with E-state index in [0.717, 1.165) is 33.8 Å². The average Bonchev–Trinajstić information content (AvgIpc) is 2.79. The van der Waals surface area contributed by atoms with Gasteiger partial charge in [-0.25, -0.2) is 4.79 Å². The molecule has 28 heavy (non-hydrogen) atoms.